The van der Waals surface area contributed by atoms with Gasteiger partial charge < -0.3 is 10.0 Å². The maximum Gasteiger partial charge on any atom is 0.323 e. The molecule has 0 atom stereocenters. The lowest BCUT2D eigenvalue weighted by molar-refractivity contribution is -0.137. The summed E-state index contributed by atoms with van der Waals surface area (Å²) in [7, 11) is 0. The lowest BCUT2D eigenvalue weighted by Gasteiger charge is -2.18. The van der Waals surface area contributed by atoms with E-state index in [0.717, 1.165) is 5.56 Å². The van der Waals surface area contributed by atoms with E-state index < -0.39 is 5.97 Å². The minimum atomic E-state index is -1.02. The van der Waals surface area contributed by atoms with Crippen LogP contribution in [0.2, 0.25) is 5.02 Å². The molecule has 1 aromatic rings. The predicted octanol–water partition coefficient (Wildman–Crippen LogP) is 2.20. The van der Waals surface area contributed by atoms with Crippen LogP contribution < -0.4 is 0 Å². The van der Waals surface area contributed by atoms with Gasteiger partial charge in [-0.2, -0.15) is 0 Å². The molecule has 0 spiro atoms. The van der Waals surface area contributed by atoms with Gasteiger partial charge in [-0.15, -0.1) is 0 Å². The van der Waals surface area contributed by atoms with Gasteiger partial charge in [0.05, 0.1) is 0 Å². The highest BCUT2D eigenvalue weighted by Crippen LogP contribution is 2.17. The van der Waals surface area contributed by atoms with E-state index in [2.05, 4.69) is 0 Å². The Balaban J connectivity index is 2.93. The normalized spacial score (nSPS) is 10.1. The van der Waals surface area contributed by atoms with Crippen LogP contribution in [0.4, 0.5) is 0 Å². The molecule has 0 fully saturated rings. The molecule has 1 aromatic carbocycles. The second-order valence-electron chi connectivity index (χ2n) is 3.68. The Morgan fingerprint density at radius 1 is 1.41 bits per heavy atom. The molecular weight excluding hydrogens is 242 g/mol. The van der Waals surface area contributed by atoms with Crippen LogP contribution in [0.3, 0.4) is 0 Å². The fourth-order valence-electron chi connectivity index (χ4n) is 1.45. The molecule has 5 heteroatoms. The molecule has 0 unspecified atom stereocenters. The molecule has 92 valence electrons. The zero-order valence-electron chi connectivity index (χ0n) is 9.74. The van der Waals surface area contributed by atoms with Gasteiger partial charge >= 0.3 is 5.97 Å². The molecule has 0 aliphatic heterocycles. The van der Waals surface area contributed by atoms with Gasteiger partial charge in [0.25, 0.3) is 5.91 Å². The molecule has 0 aliphatic carbocycles. The number of carbonyl (C=O) groups is 2. The molecular formula is C12H14ClNO3. The lowest BCUT2D eigenvalue weighted by atomic mass is 10.1. The van der Waals surface area contributed by atoms with E-state index in [4.69, 9.17) is 16.7 Å². The molecule has 0 saturated carbocycles. The van der Waals surface area contributed by atoms with Crippen molar-refractivity contribution < 1.29 is 14.7 Å². The summed E-state index contributed by atoms with van der Waals surface area (Å²) in [5, 5.41) is 9.28. The number of likely N-dealkylation sites (N-methyl/N-ethyl adjacent to an activating group) is 1. The van der Waals surface area contributed by atoms with E-state index in [1.165, 1.54) is 4.90 Å². The number of carboxylic acid groups (broad SMARTS) is 1. The Labute approximate surface area is 105 Å². The van der Waals surface area contributed by atoms with Gasteiger partial charge in [0, 0.05) is 17.1 Å². The summed E-state index contributed by atoms with van der Waals surface area (Å²) in [5.41, 5.74) is 1.25. The Morgan fingerprint density at radius 2 is 2.06 bits per heavy atom. The molecule has 17 heavy (non-hydrogen) atoms. The third-order valence-electron chi connectivity index (χ3n) is 2.40. The number of halogens is 1. The summed E-state index contributed by atoms with van der Waals surface area (Å²) < 4.78 is 0. The standard InChI is InChI=1S/C12H14ClNO3/c1-3-14(7-11(15)16)12(17)9-4-5-10(13)8(2)6-9/h4-6H,3,7H2,1-2H3,(H,15,16). The number of benzene rings is 1. The van der Waals surface area contributed by atoms with E-state index in [0.29, 0.717) is 17.1 Å². The van der Waals surface area contributed by atoms with Crippen LogP contribution in [0.5, 0.6) is 0 Å². The maximum absolute atomic E-state index is 12.0. The molecule has 0 saturated heterocycles. The number of carboxylic acids is 1. The number of aryl methyl sites for hydroxylation is 1. The van der Waals surface area contributed by atoms with Gasteiger partial charge in [-0.1, -0.05) is 11.6 Å². The highest BCUT2D eigenvalue weighted by atomic mass is 35.5. The smallest absolute Gasteiger partial charge is 0.323 e. The van der Waals surface area contributed by atoms with Crippen molar-refractivity contribution >= 4 is 23.5 Å². The quantitative estimate of drug-likeness (QED) is 0.897. The second-order valence-corrected chi connectivity index (χ2v) is 4.08. The van der Waals surface area contributed by atoms with Crippen molar-refractivity contribution in [3.05, 3.63) is 34.3 Å². The largest absolute Gasteiger partial charge is 0.480 e. The highest BCUT2D eigenvalue weighted by molar-refractivity contribution is 6.31. The SMILES string of the molecule is CCN(CC(=O)O)C(=O)c1ccc(Cl)c(C)c1. The molecule has 0 radical (unpaired) electrons. The van der Waals surface area contributed by atoms with Crippen molar-refractivity contribution in [1.82, 2.24) is 4.90 Å². The van der Waals surface area contributed by atoms with E-state index in [9.17, 15) is 9.59 Å². The van der Waals surface area contributed by atoms with Crippen molar-refractivity contribution in [3.63, 3.8) is 0 Å². The predicted molar refractivity (Wildman–Crippen MR) is 65.4 cm³/mol. The summed E-state index contributed by atoms with van der Waals surface area (Å²) in [6, 6.07) is 4.90. The first kappa shape index (κ1) is 13.5. The van der Waals surface area contributed by atoms with Crippen LogP contribution in [0.25, 0.3) is 0 Å². The Morgan fingerprint density at radius 3 is 2.53 bits per heavy atom. The molecule has 1 amide bonds. The summed E-state index contributed by atoms with van der Waals surface area (Å²) in [6.07, 6.45) is 0. The molecule has 1 rings (SSSR count). The molecule has 4 nitrogen and oxygen atoms in total. The number of amides is 1. The molecule has 0 aromatic heterocycles. The number of nitrogens with zero attached hydrogens (tertiary/aromatic N) is 1. The number of carbonyl (C=O) groups excluding carboxylic acids is 1. The Bertz CT molecular complexity index is 445. The second kappa shape index (κ2) is 5.68. The summed E-state index contributed by atoms with van der Waals surface area (Å²) in [5.74, 6) is -1.32. The van der Waals surface area contributed by atoms with Crippen LogP contribution in [-0.2, 0) is 4.79 Å². The third-order valence-corrected chi connectivity index (χ3v) is 2.82. The zero-order valence-corrected chi connectivity index (χ0v) is 10.5. The van der Waals surface area contributed by atoms with Gasteiger partial charge in [0.15, 0.2) is 0 Å². The van der Waals surface area contributed by atoms with Crippen molar-refractivity contribution in [3.8, 4) is 0 Å². The third kappa shape index (κ3) is 3.46. The first-order chi connectivity index (χ1) is 7.95. The first-order valence-electron chi connectivity index (χ1n) is 5.23. The van der Waals surface area contributed by atoms with E-state index in [-0.39, 0.29) is 12.5 Å². The zero-order chi connectivity index (χ0) is 13.0. The average Bonchev–Trinajstić information content (AvgIpc) is 2.28. The van der Waals surface area contributed by atoms with Gasteiger partial charge in [-0.05, 0) is 37.6 Å². The summed E-state index contributed by atoms with van der Waals surface area (Å²) >= 11 is 5.86. The fraction of sp³-hybridized carbons (Fsp3) is 0.333. The lowest BCUT2D eigenvalue weighted by Crippen LogP contribution is -2.35. The first-order valence-corrected chi connectivity index (χ1v) is 5.60. The molecule has 0 aliphatic rings. The highest BCUT2D eigenvalue weighted by Gasteiger charge is 2.17. The van der Waals surface area contributed by atoms with E-state index in [1.54, 1.807) is 32.0 Å². The van der Waals surface area contributed by atoms with Gasteiger partial charge in [0.1, 0.15) is 6.54 Å². The van der Waals surface area contributed by atoms with Crippen LogP contribution in [0.15, 0.2) is 18.2 Å². The summed E-state index contributed by atoms with van der Waals surface area (Å²) in [6.45, 7) is 3.60. The monoisotopic (exact) mass is 255 g/mol. The van der Waals surface area contributed by atoms with Gasteiger partial charge in [-0.3, -0.25) is 9.59 Å². The summed E-state index contributed by atoms with van der Waals surface area (Å²) in [4.78, 5) is 23.9. The van der Waals surface area contributed by atoms with Gasteiger partial charge in [-0.25, -0.2) is 0 Å². The van der Waals surface area contributed by atoms with Crippen molar-refractivity contribution in [2.75, 3.05) is 13.1 Å². The molecule has 0 bridgehead atoms. The number of rotatable bonds is 4. The van der Waals surface area contributed by atoms with Crippen LogP contribution >= 0.6 is 11.6 Å². The van der Waals surface area contributed by atoms with E-state index >= 15 is 0 Å². The van der Waals surface area contributed by atoms with Crippen molar-refractivity contribution in [1.29, 1.82) is 0 Å². The molecule has 0 heterocycles. The van der Waals surface area contributed by atoms with Gasteiger partial charge in [0.2, 0.25) is 0 Å². The maximum atomic E-state index is 12.0. The minimum absolute atomic E-state index is 0.295. The number of hydrogen-bond donors (Lipinski definition) is 1. The van der Waals surface area contributed by atoms with Crippen molar-refractivity contribution in [2.45, 2.75) is 13.8 Å². The number of hydrogen-bond acceptors (Lipinski definition) is 2. The molecule has 1 N–H and O–H groups in total. The van der Waals surface area contributed by atoms with Crippen LogP contribution in [0.1, 0.15) is 22.8 Å². The Hall–Kier alpha value is -1.55. The van der Waals surface area contributed by atoms with Crippen molar-refractivity contribution in [2.24, 2.45) is 0 Å². The topological polar surface area (TPSA) is 57.6 Å². The van der Waals surface area contributed by atoms with Crippen LogP contribution in [0, 0.1) is 6.92 Å². The van der Waals surface area contributed by atoms with E-state index in [1.807, 2.05) is 0 Å². The minimum Gasteiger partial charge on any atom is -0.480 e. The van der Waals surface area contributed by atoms with Crippen LogP contribution in [-0.4, -0.2) is 35.0 Å². The fourth-order valence-corrected chi connectivity index (χ4v) is 1.57. The Kier molecular flexibility index (Phi) is 4.52. The average molecular weight is 256 g/mol. The number of aliphatic carboxylic acids is 1.